The molecule has 1 rings (SSSR count). The maximum atomic E-state index is 10.6. The Bertz CT molecular complexity index is 280. The normalized spacial score (nSPS) is 8.78. The zero-order chi connectivity index (χ0) is 6.69. The molecule has 0 aromatic carbocycles. The minimum absolute atomic E-state index is 0.249. The van der Waals surface area contributed by atoms with Gasteiger partial charge in [0, 0.05) is 6.20 Å². The van der Waals surface area contributed by atoms with Gasteiger partial charge in [-0.3, -0.25) is 9.89 Å². The molecule has 0 aliphatic heterocycles. The smallest absolute Gasteiger partial charge is 0.278 e. The zero-order valence-electron chi connectivity index (χ0n) is 4.34. The predicted octanol–water partition coefficient (Wildman–Crippen LogP) is 0.276. The fourth-order valence-corrected chi connectivity index (χ4v) is 0.779. The average molecular weight is 141 g/mol. The summed E-state index contributed by atoms with van der Waals surface area (Å²) in [7, 11) is 0. The molecule has 0 radical (unpaired) electrons. The second-order valence-corrected chi connectivity index (χ2v) is 2.13. The zero-order valence-corrected chi connectivity index (χ0v) is 5.16. The number of thioether (sulfide) groups is 1. The van der Waals surface area contributed by atoms with Crippen molar-refractivity contribution in [3.8, 4) is 5.40 Å². The molecule has 0 atom stereocenters. The van der Waals surface area contributed by atoms with Crippen molar-refractivity contribution in [2.24, 2.45) is 0 Å². The Morgan fingerprint density at radius 1 is 1.78 bits per heavy atom. The number of rotatable bonds is 1. The lowest BCUT2D eigenvalue weighted by Crippen LogP contribution is -1.99. The van der Waals surface area contributed by atoms with Crippen molar-refractivity contribution in [3.05, 3.63) is 16.6 Å². The van der Waals surface area contributed by atoms with Crippen LogP contribution in [0.15, 0.2) is 15.9 Å². The van der Waals surface area contributed by atoms with E-state index < -0.39 is 0 Å². The molecular formula is C4H3N3OS. The molecule has 0 unspecified atom stereocenters. The summed E-state index contributed by atoms with van der Waals surface area (Å²) < 4.78 is 0. The summed E-state index contributed by atoms with van der Waals surface area (Å²) in [5.74, 6) is 0. The summed E-state index contributed by atoms with van der Waals surface area (Å²) in [6.45, 7) is 0. The summed E-state index contributed by atoms with van der Waals surface area (Å²) in [5, 5.41) is 14.7. The van der Waals surface area contributed by atoms with Gasteiger partial charge in [-0.25, -0.2) is 0 Å². The fourth-order valence-electron chi connectivity index (χ4n) is 0.419. The number of nitriles is 1. The lowest BCUT2D eigenvalue weighted by Gasteiger charge is -1.73. The maximum absolute atomic E-state index is 10.6. The first-order valence-electron chi connectivity index (χ1n) is 2.16. The van der Waals surface area contributed by atoms with Crippen LogP contribution in [0.1, 0.15) is 0 Å². The molecule has 5 heteroatoms. The molecule has 0 saturated heterocycles. The molecular weight excluding hydrogens is 138 g/mol. The molecule has 0 saturated carbocycles. The van der Waals surface area contributed by atoms with E-state index in [1.165, 1.54) is 6.20 Å². The van der Waals surface area contributed by atoms with E-state index in [0.717, 1.165) is 11.8 Å². The van der Waals surface area contributed by atoms with Crippen molar-refractivity contribution in [2.45, 2.75) is 4.90 Å². The SMILES string of the molecule is N#CSc1c[nH][nH]c1=O. The Balaban J connectivity index is 2.98. The van der Waals surface area contributed by atoms with E-state index in [0.29, 0.717) is 4.90 Å². The number of nitrogens with one attached hydrogen (secondary N) is 2. The molecule has 0 spiro atoms. The van der Waals surface area contributed by atoms with Gasteiger partial charge < -0.3 is 5.10 Å². The van der Waals surface area contributed by atoms with Gasteiger partial charge in [-0.1, -0.05) is 0 Å². The molecule has 0 aliphatic rings. The molecule has 1 aromatic heterocycles. The van der Waals surface area contributed by atoms with Crippen molar-refractivity contribution < 1.29 is 0 Å². The first-order chi connectivity index (χ1) is 4.34. The summed E-state index contributed by atoms with van der Waals surface area (Å²) in [4.78, 5) is 11.0. The second kappa shape index (κ2) is 2.42. The van der Waals surface area contributed by atoms with Crippen LogP contribution < -0.4 is 5.56 Å². The number of thiocyanates is 1. The first kappa shape index (κ1) is 5.98. The Morgan fingerprint density at radius 3 is 3.00 bits per heavy atom. The Labute approximate surface area is 54.9 Å². The van der Waals surface area contributed by atoms with Crippen molar-refractivity contribution in [1.29, 1.82) is 5.26 Å². The largest absolute Gasteiger partial charge is 0.304 e. The van der Waals surface area contributed by atoms with Gasteiger partial charge in [0.15, 0.2) is 0 Å². The van der Waals surface area contributed by atoms with E-state index in [4.69, 9.17) is 5.26 Å². The Kier molecular flexibility index (Phi) is 1.60. The van der Waals surface area contributed by atoms with Gasteiger partial charge in [-0.05, 0) is 11.8 Å². The summed E-state index contributed by atoms with van der Waals surface area (Å²) in [6, 6.07) is 0. The third-order valence-electron chi connectivity index (χ3n) is 0.768. The van der Waals surface area contributed by atoms with Crippen LogP contribution in [-0.2, 0) is 0 Å². The predicted molar refractivity (Wildman–Crippen MR) is 32.9 cm³/mol. The van der Waals surface area contributed by atoms with E-state index in [1.54, 1.807) is 5.40 Å². The lowest BCUT2D eigenvalue weighted by atomic mass is 10.7. The molecule has 9 heavy (non-hydrogen) atoms. The van der Waals surface area contributed by atoms with Gasteiger partial charge in [-0.15, -0.1) is 0 Å². The van der Waals surface area contributed by atoms with Gasteiger partial charge >= 0.3 is 0 Å². The van der Waals surface area contributed by atoms with Gasteiger partial charge in [0.25, 0.3) is 5.56 Å². The summed E-state index contributed by atoms with van der Waals surface area (Å²) in [6.07, 6.45) is 1.45. The van der Waals surface area contributed by atoms with Crippen molar-refractivity contribution in [2.75, 3.05) is 0 Å². The van der Waals surface area contributed by atoms with E-state index in [-0.39, 0.29) is 5.56 Å². The average Bonchev–Trinajstić information content (AvgIpc) is 2.18. The van der Waals surface area contributed by atoms with Gasteiger partial charge in [-0.2, -0.15) is 5.26 Å². The lowest BCUT2D eigenvalue weighted by molar-refractivity contribution is 1.05. The van der Waals surface area contributed by atoms with Crippen LogP contribution in [-0.4, -0.2) is 10.2 Å². The quantitative estimate of drug-likeness (QED) is 0.435. The van der Waals surface area contributed by atoms with Crippen molar-refractivity contribution >= 4 is 11.8 Å². The maximum Gasteiger partial charge on any atom is 0.278 e. The minimum Gasteiger partial charge on any atom is -0.304 e. The highest BCUT2D eigenvalue weighted by Crippen LogP contribution is 2.07. The van der Waals surface area contributed by atoms with Crippen molar-refractivity contribution in [1.82, 2.24) is 10.2 Å². The number of hydrogen-bond donors (Lipinski definition) is 2. The summed E-state index contributed by atoms with van der Waals surface area (Å²) >= 11 is 0.839. The topological polar surface area (TPSA) is 72.4 Å². The fraction of sp³-hybridized carbons (Fsp3) is 0. The van der Waals surface area contributed by atoms with Gasteiger partial charge in [0.05, 0.1) is 0 Å². The molecule has 2 N–H and O–H groups in total. The molecule has 1 aromatic rings. The Hall–Kier alpha value is -1.15. The van der Waals surface area contributed by atoms with Crippen LogP contribution in [0.4, 0.5) is 0 Å². The van der Waals surface area contributed by atoms with Crippen LogP contribution in [0, 0.1) is 10.7 Å². The van der Waals surface area contributed by atoms with Crippen LogP contribution in [0.5, 0.6) is 0 Å². The highest BCUT2D eigenvalue weighted by atomic mass is 32.2. The molecule has 0 bridgehead atoms. The number of nitrogens with zero attached hydrogens (tertiary/aromatic N) is 1. The van der Waals surface area contributed by atoms with E-state index in [9.17, 15) is 4.79 Å². The highest BCUT2D eigenvalue weighted by Gasteiger charge is 1.97. The van der Waals surface area contributed by atoms with E-state index in [2.05, 4.69) is 10.2 Å². The highest BCUT2D eigenvalue weighted by molar-refractivity contribution is 8.03. The van der Waals surface area contributed by atoms with Crippen LogP contribution in [0.3, 0.4) is 0 Å². The molecule has 46 valence electrons. The first-order valence-corrected chi connectivity index (χ1v) is 2.98. The molecule has 0 amide bonds. The minimum atomic E-state index is -0.249. The molecule has 1 heterocycles. The third kappa shape index (κ3) is 1.15. The Morgan fingerprint density at radius 2 is 2.56 bits per heavy atom. The number of H-pyrrole nitrogens is 2. The van der Waals surface area contributed by atoms with Crippen LogP contribution >= 0.6 is 11.8 Å². The van der Waals surface area contributed by atoms with E-state index in [1.807, 2.05) is 0 Å². The van der Waals surface area contributed by atoms with Crippen molar-refractivity contribution in [3.63, 3.8) is 0 Å². The van der Waals surface area contributed by atoms with Gasteiger partial charge in [0.2, 0.25) is 0 Å². The third-order valence-corrected chi connectivity index (χ3v) is 1.38. The molecule has 0 aliphatic carbocycles. The van der Waals surface area contributed by atoms with Crippen LogP contribution in [0.25, 0.3) is 0 Å². The standard InChI is InChI=1S/C4H3N3OS/c5-2-9-3-1-6-7-4(3)8/h1H,(H2,6,7,8). The van der Waals surface area contributed by atoms with E-state index >= 15 is 0 Å². The number of aromatic amines is 2. The number of aromatic nitrogens is 2. The van der Waals surface area contributed by atoms with Gasteiger partial charge in [0.1, 0.15) is 10.3 Å². The monoisotopic (exact) mass is 141 g/mol. The summed E-state index contributed by atoms with van der Waals surface area (Å²) in [5.41, 5.74) is -0.249. The van der Waals surface area contributed by atoms with Crippen LogP contribution in [0.2, 0.25) is 0 Å². The number of hydrogen-bond acceptors (Lipinski definition) is 3. The molecule has 0 fully saturated rings. The second-order valence-electron chi connectivity index (χ2n) is 1.30. The molecule has 4 nitrogen and oxygen atoms in total.